The van der Waals surface area contributed by atoms with Gasteiger partial charge in [0.25, 0.3) is 0 Å². The maximum absolute atomic E-state index is 12.3. The second-order valence-electron chi connectivity index (χ2n) is 7.55. The van der Waals surface area contributed by atoms with E-state index in [0.29, 0.717) is 33.5 Å². The molecule has 2 heterocycles. The second-order valence-corrected chi connectivity index (χ2v) is 8.40. The first kappa shape index (κ1) is 22.6. The summed E-state index contributed by atoms with van der Waals surface area (Å²) in [6, 6.07) is 26.0. The van der Waals surface area contributed by atoms with Gasteiger partial charge in [0.05, 0.1) is 0 Å². The Hall–Kier alpha value is -4.20. The van der Waals surface area contributed by atoms with E-state index in [9.17, 15) is 4.79 Å². The lowest BCUT2D eigenvalue weighted by Crippen LogP contribution is -2.32. The van der Waals surface area contributed by atoms with Crippen molar-refractivity contribution < 1.29 is 13.6 Å². The normalized spacial score (nSPS) is 11.1. The SMILES string of the molecule is O=C(/C=C/c1ccc(-c2ccccc2)o1)NC(=S)Nc1ccc2oc(-c3ccc(Cl)cc3)nc2c1. The van der Waals surface area contributed by atoms with Crippen LogP contribution in [0.2, 0.25) is 5.02 Å². The predicted molar refractivity (Wildman–Crippen MR) is 142 cm³/mol. The molecule has 2 N–H and O–H groups in total. The summed E-state index contributed by atoms with van der Waals surface area (Å²) in [6.07, 6.45) is 2.95. The molecule has 0 saturated heterocycles. The number of furan rings is 1. The molecule has 0 aliphatic heterocycles. The fourth-order valence-corrected chi connectivity index (χ4v) is 3.74. The summed E-state index contributed by atoms with van der Waals surface area (Å²) in [6.45, 7) is 0. The number of carbonyl (C=O) groups excluding carboxylic acids is 1. The number of hydrogen-bond acceptors (Lipinski definition) is 5. The fourth-order valence-electron chi connectivity index (χ4n) is 3.39. The summed E-state index contributed by atoms with van der Waals surface area (Å²) in [5.41, 5.74) is 3.74. The van der Waals surface area contributed by atoms with Gasteiger partial charge in [0.1, 0.15) is 17.0 Å². The maximum atomic E-state index is 12.3. The van der Waals surface area contributed by atoms with E-state index in [2.05, 4.69) is 15.6 Å². The van der Waals surface area contributed by atoms with E-state index in [4.69, 9.17) is 32.7 Å². The molecule has 0 fully saturated rings. The molecule has 0 aliphatic carbocycles. The molecule has 0 saturated carbocycles. The van der Waals surface area contributed by atoms with Crippen molar-refractivity contribution in [2.75, 3.05) is 5.32 Å². The molecular weight excluding hydrogens is 482 g/mol. The molecule has 0 spiro atoms. The average molecular weight is 500 g/mol. The van der Waals surface area contributed by atoms with Crippen LogP contribution in [-0.4, -0.2) is 16.0 Å². The predicted octanol–water partition coefficient (Wildman–Crippen LogP) is 6.93. The number of carbonyl (C=O) groups is 1. The number of thiocarbonyl (C=S) groups is 1. The van der Waals surface area contributed by atoms with Crippen molar-refractivity contribution in [3.8, 4) is 22.8 Å². The Bertz CT molecular complexity index is 1540. The van der Waals surface area contributed by atoms with Crippen molar-refractivity contribution in [2.24, 2.45) is 0 Å². The van der Waals surface area contributed by atoms with Crippen LogP contribution in [0, 0.1) is 0 Å². The number of amides is 1. The number of halogens is 1. The molecule has 3 aromatic carbocycles. The highest BCUT2D eigenvalue weighted by atomic mass is 35.5. The third-order valence-corrected chi connectivity index (χ3v) is 5.51. The molecule has 8 heteroatoms. The Kier molecular flexibility index (Phi) is 6.43. The van der Waals surface area contributed by atoms with Crippen LogP contribution in [-0.2, 0) is 4.79 Å². The lowest BCUT2D eigenvalue weighted by molar-refractivity contribution is -0.115. The molecule has 1 amide bonds. The molecule has 6 nitrogen and oxygen atoms in total. The zero-order valence-corrected chi connectivity index (χ0v) is 19.8. The van der Waals surface area contributed by atoms with Gasteiger partial charge in [0, 0.05) is 27.9 Å². The van der Waals surface area contributed by atoms with Gasteiger partial charge in [-0.15, -0.1) is 0 Å². The molecule has 0 aliphatic rings. The first-order chi connectivity index (χ1) is 17.0. The molecular formula is C27H18ClN3O3S. The quantitative estimate of drug-likeness (QED) is 0.201. The molecule has 172 valence electrons. The minimum atomic E-state index is -0.382. The maximum Gasteiger partial charge on any atom is 0.250 e. The van der Waals surface area contributed by atoms with Gasteiger partial charge in [-0.25, -0.2) is 4.98 Å². The van der Waals surface area contributed by atoms with Crippen LogP contribution in [0.4, 0.5) is 5.69 Å². The number of nitrogens with one attached hydrogen (secondary N) is 2. The number of hydrogen-bond donors (Lipinski definition) is 2. The van der Waals surface area contributed by atoms with Gasteiger partial charge < -0.3 is 14.2 Å². The third kappa shape index (κ3) is 5.48. The Labute approximate surface area is 211 Å². The number of fused-ring (bicyclic) bond motifs is 1. The van der Waals surface area contributed by atoms with Crippen molar-refractivity contribution in [3.05, 3.63) is 102 Å². The van der Waals surface area contributed by atoms with E-state index in [0.717, 1.165) is 16.9 Å². The lowest BCUT2D eigenvalue weighted by atomic mass is 10.2. The number of benzene rings is 3. The van der Waals surface area contributed by atoms with E-state index < -0.39 is 0 Å². The Morgan fingerprint density at radius 1 is 0.914 bits per heavy atom. The van der Waals surface area contributed by atoms with E-state index >= 15 is 0 Å². The summed E-state index contributed by atoms with van der Waals surface area (Å²) in [7, 11) is 0. The van der Waals surface area contributed by atoms with Crippen LogP contribution in [0.5, 0.6) is 0 Å². The van der Waals surface area contributed by atoms with Crippen molar-refractivity contribution >= 4 is 57.7 Å². The number of oxazole rings is 1. The van der Waals surface area contributed by atoms with Crippen LogP contribution in [0.25, 0.3) is 40.0 Å². The van der Waals surface area contributed by atoms with Crippen LogP contribution in [0.1, 0.15) is 5.76 Å². The van der Waals surface area contributed by atoms with Crippen LogP contribution in [0.15, 0.2) is 99.8 Å². The highest BCUT2D eigenvalue weighted by molar-refractivity contribution is 7.80. The zero-order chi connectivity index (χ0) is 24.2. The minimum absolute atomic E-state index is 0.157. The first-order valence-corrected chi connectivity index (χ1v) is 11.4. The highest BCUT2D eigenvalue weighted by Gasteiger charge is 2.10. The zero-order valence-electron chi connectivity index (χ0n) is 18.2. The summed E-state index contributed by atoms with van der Waals surface area (Å²) in [5.74, 6) is 1.40. The first-order valence-electron chi connectivity index (χ1n) is 10.7. The van der Waals surface area contributed by atoms with Crippen LogP contribution in [0.3, 0.4) is 0 Å². The fraction of sp³-hybridized carbons (Fsp3) is 0. The molecule has 0 unspecified atom stereocenters. The van der Waals surface area contributed by atoms with Crippen LogP contribution >= 0.6 is 23.8 Å². The van der Waals surface area contributed by atoms with Gasteiger partial charge in [0.2, 0.25) is 11.8 Å². The van der Waals surface area contributed by atoms with E-state index in [-0.39, 0.29) is 11.0 Å². The van der Waals surface area contributed by atoms with Gasteiger partial charge in [-0.1, -0.05) is 41.9 Å². The van der Waals surface area contributed by atoms with Gasteiger partial charge in [-0.3, -0.25) is 10.1 Å². The number of anilines is 1. The number of aromatic nitrogens is 1. The number of rotatable bonds is 5. The molecule has 2 aromatic heterocycles. The van der Waals surface area contributed by atoms with Crippen LogP contribution < -0.4 is 10.6 Å². The Morgan fingerprint density at radius 2 is 1.71 bits per heavy atom. The van der Waals surface area contributed by atoms with Crippen molar-refractivity contribution in [1.82, 2.24) is 10.3 Å². The molecule has 0 bridgehead atoms. The van der Waals surface area contributed by atoms with Gasteiger partial charge in [-0.05, 0) is 72.9 Å². The van der Waals surface area contributed by atoms with E-state index in [1.165, 1.54) is 6.08 Å². The summed E-state index contributed by atoms with van der Waals surface area (Å²) < 4.78 is 11.6. The average Bonchev–Trinajstić information content (AvgIpc) is 3.51. The summed E-state index contributed by atoms with van der Waals surface area (Å²) in [5, 5.41) is 6.41. The lowest BCUT2D eigenvalue weighted by Gasteiger charge is -2.07. The van der Waals surface area contributed by atoms with Gasteiger partial charge >= 0.3 is 0 Å². The van der Waals surface area contributed by atoms with Gasteiger partial charge in [-0.2, -0.15) is 0 Å². The standard InChI is InChI=1S/C27H18ClN3O3S/c28-19-8-6-18(7-9-19)26-30-22-16-20(10-13-24(22)34-26)29-27(35)31-25(32)15-12-21-11-14-23(33-21)17-4-2-1-3-5-17/h1-16H,(H2,29,31,32,35)/b15-12+. The largest absolute Gasteiger partial charge is 0.457 e. The summed E-state index contributed by atoms with van der Waals surface area (Å²) in [4.78, 5) is 16.8. The molecule has 5 aromatic rings. The van der Waals surface area contributed by atoms with E-state index in [1.54, 1.807) is 42.5 Å². The molecule has 0 atom stereocenters. The van der Waals surface area contributed by atoms with Crippen molar-refractivity contribution in [3.63, 3.8) is 0 Å². The van der Waals surface area contributed by atoms with Gasteiger partial charge in [0.15, 0.2) is 10.7 Å². The topological polar surface area (TPSA) is 80.3 Å². The minimum Gasteiger partial charge on any atom is -0.457 e. The molecule has 0 radical (unpaired) electrons. The summed E-state index contributed by atoms with van der Waals surface area (Å²) >= 11 is 11.2. The monoisotopic (exact) mass is 499 g/mol. The van der Waals surface area contributed by atoms with Crippen molar-refractivity contribution in [1.29, 1.82) is 0 Å². The Balaban J connectivity index is 1.20. The molecule has 5 rings (SSSR count). The third-order valence-electron chi connectivity index (χ3n) is 5.06. The smallest absolute Gasteiger partial charge is 0.250 e. The molecule has 35 heavy (non-hydrogen) atoms. The number of nitrogens with zero attached hydrogens (tertiary/aromatic N) is 1. The van der Waals surface area contributed by atoms with E-state index in [1.807, 2.05) is 48.5 Å². The second kappa shape index (κ2) is 9.97. The Morgan fingerprint density at radius 3 is 2.51 bits per heavy atom. The highest BCUT2D eigenvalue weighted by Crippen LogP contribution is 2.27. The van der Waals surface area contributed by atoms with Crippen molar-refractivity contribution in [2.45, 2.75) is 0 Å².